The SMILES string of the molecule is CC1(C)CC(Nc2ncns2)CC(C)(C)C1. The van der Waals surface area contributed by atoms with Gasteiger partial charge in [-0.3, -0.25) is 0 Å². The highest BCUT2D eigenvalue weighted by atomic mass is 32.1. The van der Waals surface area contributed by atoms with E-state index in [0.29, 0.717) is 16.9 Å². The van der Waals surface area contributed by atoms with Crippen LogP contribution in [0, 0.1) is 10.8 Å². The van der Waals surface area contributed by atoms with E-state index in [-0.39, 0.29) is 0 Å². The summed E-state index contributed by atoms with van der Waals surface area (Å²) in [6, 6.07) is 0.534. The Morgan fingerprint density at radius 2 is 1.88 bits per heavy atom. The predicted molar refractivity (Wildman–Crippen MR) is 68.7 cm³/mol. The maximum absolute atomic E-state index is 4.20. The summed E-state index contributed by atoms with van der Waals surface area (Å²) in [6.45, 7) is 9.46. The monoisotopic (exact) mass is 239 g/mol. The second kappa shape index (κ2) is 3.99. The fraction of sp³-hybridized carbons (Fsp3) is 0.833. The van der Waals surface area contributed by atoms with Gasteiger partial charge in [0.25, 0.3) is 0 Å². The Balaban J connectivity index is 2.05. The summed E-state index contributed by atoms with van der Waals surface area (Å²) in [7, 11) is 0. The van der Waals surface area contributed by atoms with Gasteiger partial charge in [-0.25, -0.2) is 4.98 Å². The summed E-state index contributed by atoms with van der Waals surface area (Å²) >= 11 is 1.44. The van der Waals surface area contributed by atoms with Crippen molar-refractivity contribution in [2.45, 2.75) is 53.0 Å². The lowest BCUT2D eigenvalue weighted by Crippen LogP contribution is -2.40. The van der Waals surface area contributed by atoms with Crippen LogP contribution in [0.3, 0.4) is 0 Å². The number of rotatable bonds is 2. The van der Waals surface area contributed by atoms with E-state index in [1.807, 2.05) is 0 Å². The number of hydrogen-bond donors (Lipinski definition) is 1. The fourth-order valence-electron chi connectivity index (χ4n) is 3.36. The van der Waals surface area contributed by atoms with Crippen LogP contribution in [0.1, 0.15) is 47.0 Å². The van der Waals surface area contributed by atoms with Gasteiger partial charge in [-0.15, -0.1) is 0 Å². The molecule has 0 radical (unpaired) electrons. The minimum atomic E-state index is 0.421. The third-order valence-corrected chi connectivity index (χ3v) is 3.84. The molecule has 1 saturated carbocycles. The Hall–Kier alpha value is -0.640. The molecule has 0 amide bonds. The molecule has 1 aliphatic carbocycles. The lowest BCUT2D eigenvalue weighted by Gasteiger charge is -2.45. The van der Waals surface area contributed by atoms with Crippen molar-refractivity contribution in [1.82, 2.24) is 9.36 Å². The van der Waals surface area contributed by atoms with Crippen molar-refractivity contribution in [3.63, 3.8) is 0 Å². The molecule has 1 N–H and O–H groups in total. The van der Waals surface area contributed by atoms with Gasteiger partial charge in [0.05, 0.1) is 0 Å². The average molecular weight is 239 g/mol. The highest BCUT2D eigenvalue weighted by Gasteiger charge is 2.38. The first-order valence-electron chi connectivity index (χ1n) is 5.90. The van der Waals surface area contributed by atoms with Crippen molar-refractivity contribution in [2.75, 3.05) is 5.32 Å². The van der Waals surface area contributed by atoms with Crippen molar-refractivity contribution in [1.29, 1.82) is 0 Å². The van der Waals surface area contributed by atoms with Gasteiger partial charge >= 0.3 is 0 Å². The smallest absolute Gasteiger partial charge is 0.202 e. The van der Waals surface area contributed by atoms with E-state index < -0.39 is 0 Å². The number of nitrogens with one attached hydrogen (secondary N) is 1. The van der Waals surface area contributed by atoms with Gasteiger partial charge in [-0.2, -0.15) is 4.37 Å². The molecule has 1 aliphatic rings. The first-order valence-corrected chi connectivity index (χ1v) is 6.67. The van der Waals surface area contributed by atoms with Crippen molar-refractivity contribution in [3.05, 3.63) is 6.33 Å². The maximum atomic E-state index is 4.20. The third kappa shape index (κ3) is 2.94. The Labute approximate surface area is 102 Å². The molecule has 0 bridgehead atoms. The van der Waals surface area contributed by atoms with Gasteiger partial charge in [-0.05, 0) is 30.1 Å². The lowest BCUT2D eigenvalue weighted by atomic mass is 9.63. The van der Waals surface area contributed by atoms with Gasteiger partial charge in [0.15, 0.2) is 0 Å². The minimum Gasteiger partial charge on any atom is -0.358 e. The first-order chi connectivity index (χ1) is 7.36. The van der Waals surface area contributed by atoms with Gasteiger partial charge in [0, 0.05) is 17.6 Å². The molecule has 3 nitrogen and oxygen atoms in total. The summed E-state index contributed by atoms with van der Waals surface area (Å²) in [6.07, 6.45) is 5.35. The Bertz CT molecular complexity index is 327. The van der Waals surface area contributed by atoms with E-state index >= 15 is 0 Å². The Morgan fingerprint density at radius 1 is 1.25 bits per heavy atom. The molecular formula is C12H21N3S. The van der Waals surface area contributed by atoms with Gasteiger partial charge in [0.1, 0.15) is 6.33 Å². The molecule has 1 fully saturated rings. The normalized spacial score (nSPS) is 24.2. The van der Waals surface area contributed by atoms with E-state index in [4.69, 9.17) is 0 Å². The largest absolute Gasteiger partial charge is 0.358 e. The topological polar surface area (TPSA) is 37.8 Å². The lowest BCUT2D eigenvalue weighted by molar-refractivity contribution is 0.105. The highest BCUT2D eigenvalue weighted by molar-refractivity contribution is 7.09. The maximum Gasteiger partial charge on any atom is 0.202 e. The summed E-state index contributed by atoms with van der Waals surface area (Å²) in [5.41, 5.74) is 0.841. The molecule has 1 aromatic rings. The van der Waals surface area contributed by atoms with Crippen molar-refractivity contribution in [2.24, 2.45) is 10.8 Å². The zero-order valence-electron chi connectivity index (χ0n) is 10.6. The highest BCUT2D eigenvalue weighted by Crippen LogP contribution is 2.46. The van der Waals surface area contributed by atoms with E-state index in [2.05, 4.69) is 42.4 Å². The van der Waals surface area contributed by atoms with Crippen LogP contribution in [0.15, 0.2) is 6.33 Å². The summed E-state index contributed by atoms with van der Waals surface area (Å²) in [5, 5.41) is 4.47. The first kappa shape index (κ1) is 11.8. The fourth-order valence-corrected chi connectivity index (χ4v) is 3.87. The molecule has 4 heteroatoms. The van der Waals surface area contributed by atoms with Crippen LogP contribution >= 0.6 is 11.5 Å². The van der Waals surface area contributed by atoms with Crippen LogP contribution in [0.4, 0.5) is 5.13 Å². The van der Waals surface area contributed by atoms with Crippen molar-refractivity contribution in [3.8, 4) is 0 Å². The van der Waals surface area contributed by atoms with Crippen LogP contribution < -0.4 is 5.32 Å². The summed E-state index contributed by atoms with van der Waals surface area (Å²) in [4.78, 5) is 4.20. The number of nitrogens with zero attached hydrogens (tertiary/aromatic N) is 2. The van der Waals surface area contributed by atoms with E-state index in [1.165, 1.54) is 30.8 Å². The Kier molecular flexibility index (Phi) is 2.95. The quantitative estimate of drug-likeness (QED) is 0.857. The molecule has 16 heavy (non-hydrogen) atoms. The van der Waals surface area contributed by atoms with Crippen LogP contribution in [-0.4, -0.2) is 15.4 Å². The van der Waals surface area contributed by atoms with Gasteiger partial charge in [0.2, 0.25) is 5.13 Å². The molecule has 0 atom stereocenters. The standard InChI is InChI=1S/C12H21N3S/c1-11(2)5-9(6-12(3,4)7-11)15-10-13-8-14-16-10/h8-9H,5-7H2,1-4H3,(H,13,14,15). The number of anilines is 1. The molecular weight excluding hydrogens is 218 g/mol. The summed E-state index contributed by atoms with van der Waals surface area (Å²) < 4.78 is 4.03. The molecule has 0 unspecified atom stereocenters. The van der Waals surface area contributed by atoms with Gasteiger partial charge < -0.3 is 5.32 Å². The molecule has 2 rings (SSSR count). The molecule has 0 aromatic carbocycles. The van der Waals surface area contributed by atoms with E-state index in [9.17, 15) is 0 Å². The van der Waals surface area contributed by atoms with Crippen LogP contribution in [0.5, 0.6) is 0 Å². The van der Waals surface area contributed by atoms with Crippen molar-refractivity contribution >= 4 is 16.7 Å². The second-order valence-corrected chi connectivity index (χ2v) is 7.28. The zero-order valence-corrected chi connectivity index (χ0v) is 11.4. The number of aromatic nitrogens is 2. The van der Waals surface area contributed by atoms with E-state index in [0.717, 1.165) is 5.13 Å². The van der Waals surface area contributed by atoms with Crippen molar-refractivity contribution < 1.29 is 0 Å². The van der Waals surface area contributed by atoms with Gasteiger partial charge in [-0.1, -0.05) is 27.7 Å². The second-order valence-electron chi connectivity index (χ2n) is 6.50. The summed E-state index contributed by atoms with van der Waals surface area (Å²) in [5.74, 6) is 0. The Morgan fingerprint density at radius 3 is 2.38 bits per heavy atom. The van der Waals surface area contributed by atoms with E-state index in [1.54, 1.807) is 6.33 Å². The molecule has 0 saturated heterocycles. The molecule has 0 spiro atoms. The third-order valence-electron chi connectivity index (χ3n) is 3.24. The molecule has 0 aliphatic heterocycles. The zero-order chi connectivity index (χ0) is 11.8. The predicted octanol–water partition coefficient (Wildman–Crippen LogP) is 3.55. The van der Waals surface area contributed by atoms with Crippen LogP contribution in [-0.2, 0) is 0 Å². The molecule has 90 valence electrons. The molecule has 1 heterocycles. The van der Waals surface area contributed by atoms with Crippen LogP contribution in [0.2, 0.25) is 0 Å². The van der Waals surface area contributed by atoms with Crippen LogP contribution in [0.25, 0.3) is 0 Å². The average Bonchev–Trinajstić information content (AvgIpc) is 2.49. The number of hydrogen-bond acceptors (Lipinski definition) is 4. The molecule has 1 aromatic heterocycles. The minimum absolute atomic E-state index is 0.421.